The maximum absolute atomic E-state index is 12.9. The van der Waals surface area contributed by atoms with Crippen LogP contribution in [0.3, 0.4) is 0 Å². The van der Waals surface area contributed by atoms with Crippen LogP contribution >= 0.6 is 15.9 Å². The lowest BCUT2D eigenvalue weighted by atomic mass is 10.1. The van der Waals surface area contributed by atoms with Gasteiger partial charge in [0.25, 0.3) is 5.91 Å². The van der Waals surface area contributed by atoms with Gasteiger partial charge in [-0.25, -0.2) is 0 Å². The fourth-order valence-corrected chi connectivity index (χ4v) is 3.94. The SMILES string of the molecule is COc1cc(C(=O)N2CCN(Cc3cccc(C(F)(F)F)c3)CC2)cc(OC)c1Br. The zero-order chi connectivity index (χ0) is 21.9. The minimum atomic E-state index is -4.35. The number of carbonyl (C=O) groups is 1. The second-order valence-electron chi connectivity index (χ2n) is 6.96. The predicted octanol–water partition coefficient (Wildman–Crippen LogP) is 4.44. The van der Waals surface area contributed by atoms with E-state index in [2.05, 4.69) is 15.9 Å². The van der Waals surface area contributed by atoms with Crippen molar-refractivity contribution in [1.82, 2.24) is 9.80 Å². The molecule has 0 aromatic heterocycles. The van der Waals surface area contributed by atoms with Crippen molar-refractivity contribution in [3.63, 3.8) is 0 Å². The molecule has 2 aromatic rings. The van der Waals surface area contributed by atoms with Crippen LogP contribution in [0.25, 0.3) is 0 Å². The lowest BCUT2D eigenvalue weighted by molar-refractivity contribution is -0.137. The fourth-order valence-electron chi connectivity index (χ4n) is 3.39. The van der Waals surface area contributed by atoms with Crippen molar-refractivity contribution in [3.05, 3.63) is 57.6 Å². The Labute approximate surface area is 181 Å². The van der Waals surface area contributed by atoms with Crippen LogP contribution in [0.15, 0.2) is 40.9 Å². The molecule has 162 valence electrons. The summed E-state index contributed by atoms with van der Waals surface area (Å²) in [6.45, 7) is 2.53. The van der Waals surface area contributed by atoms with Crippen LogP contribution in [0, 0.1) is 0 Å². The number of hydrogen-bond acceptors (Lipinski definition) is 4. The molecule has 1 heterocycles. The summed E-state index contributed by atoms with van der Waals surface area (Å²) in [6.07, 6.45) is -4.35. The van der Waals surface area contributed by atoms with E-state index in [-0.39, 0.29) is 5.91 Å². The Bertz CT molecular complexity index is 888. The van der Waals surface area contributed by atoms with Gasteiger partial charge in [-0.15, -0.1) is 0 Å². The Kier molecular flexibility index (Phi) is 6.92. The summed E-state index contributed by atoms with van der Waals surface area (Å²) in [5, 5.41) is 0. The van der Waals surface area contributed by atoms with E-state index < -0.39 is 11.7 Å². The van der Waals surface area contributed by atoms with E-state index in [4.69, 9.17) is 9.47 Å². The monoisotopic (exact) mass is 486 g/mol. The van der Waals surface area contributed by atoms with Crippen LogP contribution in [0.4, 0.5) is 13.2 Å². The first kappa shape index (κ1) is 22.4. The van der Waals surface area contributed by atoms with E-state index >= 15 is 0 Å². The Hall–Kier alpha value is -2.26. The van der Waals surface area contributed by atoms with Gasteiger partial charge in [0.1, 0.15) is 16.0 Å². The van der Waals surface area contributed by atoms with Crippen LogP contribution in [0.5, 0.6) is 11.5 Å². The first-order valence-electron chi connectivity index (χ1n) is 9.32. The van der Waals surface area contributed by atoms with Crippen molar-refractivity contribution >= 4 is 21.8 Å². The Morgan fingerprint density at radius 2 is 1.63 bits per heavy atom. The zero-order valence-corrected chi connectivity index (χ0v) is 18.2. The van der Waals surface area contributed by atoms with Gasteiger partial charge in [-0.1, -0.05) is 18.2 Å². The van der Waals surface area contributed by atoms with Crippen molar-refractivity contribution in [2.24, 2.45) is 0 Å². The van der Waals surface area contributed by atoms with E-state index in [1.54, 1.807) is 23.1 Å². The molecule has 0 bridgehead atoms. The first-order chi connectivity index (χ1) is 14.2. The van der Waals surface area contributed by atoms with Crippen LogP contribution in [0.1, 0.15) is 21.5 Å². The molecule has 1 amide bonds. The fraction of sp³-hybridized carbons (Fsp3) is 0.381. The molecule has 1 fully saturated rings. The number of alkyl halides is 3. The summed E-state index contributed by atoms with van der Waals surface area (Å²) in [5.74, 6) is 0.861. The predicted molar refractivity (Wildman–Crippen MR) is 110 cm³/mol. The molecule has 5 nitrogen and oxygen atoms in total. The highest BCUT2D eigenvalue weighted by molar-refractivity contribution is 9.10. The molecule has 9 heteroatoms. The van der Waals surface area contributed by atoms with Gasteiger partial charge in [0.15, 0.2) is 0 Å². The Morgan fingerprint density at radius 1 is 1.03 bits per heavy atom. The van der Waals surface area contributed by atoms with Crippen molar-refractivity contribution in [3.8, 4) is 11.5 Å². The van der Waals surface area contributed by atoms with Crippen molar-refractivity contribution in [2.75, 3.05) is 40.4 Å². The van der Waals surface area contributed by atoms with Crippen LogP contribution in [-0.4, -0.2) is 56.1 Å². The highest BCUT2D eigenvalue weighted by Gasteiger charge is 2.30. The third kappa shape index (κ3) is 5.07. The van der Waals surface area contributed by atoms with E-state index in [1.807, 2.05) is 4.90 Å². The second kappa shape index (κ2) is 9.26. The van der Waals surface area contributed by atoms with Crippen molar-refractivity contribution < 1.29 is 27.4 Å². The quantitative estimate of drug-likeness (QED) is 0.626. The molecular weight excluding hydrogens is 465 g/mol. The highest BCUT2D eigenvalue weighted by Crippen LogP contribution is 2.36. The summed E-state index contributed by atoms with van der Waals surface area (Å²) >= 11 is 3.39. The number of piperazine rings is 1. The molecule has 0 aliphatic carbocycles. The lowest BCUT2D eigenvalue weighted by Crippen LogP contribution is -2.48. The lowest BCUT2D eigenvalue weighted by Gasteiger charge is -2.35. The number of hydrogen-bond donors (Lipinski definition) is 0. The third-order valence-corrected chi connectivity index (χ3v) is 5.79. The largest absolute Gasteiger partial charge is 0.495 e. The van der Waals surface area contributed by atoms with E-state index in [9.17, 15) is 18.0 Å². The van der Waals surface area contributed by atoms with Gasteiger partial charge < -0.3 is 14.4 Å². The molecular formula is C21H22BrF3N2O3. The molecule has 30 heavy (non-hydrogen) atoms. The van der Waals surface area contributed by atoms with Crippen LogP contribution < -0.4 is 9.47 Å². The first-order valence-corrected chi connectivity index (χ1v) is 10.1. The van der Waals surface area contributed by atoms with Gasteiger partial charge >= 0.3 is 6.18 Å². The molecule has 1 aliphatic heterocycles. The molecule has 0 spiro atoms. The number of nitrogens with zero attached hydrogens (tertiary/aromatic N) is 2. The molecule has 0 N–H and O–H groups in total. The summed E-state index contributed by atoms with van der Waals surface area (Å²) in [5.41, 5.74) is 0.414. The van der Waals surface area contributed by atoms with E-state index in [0.29, 0.717) is 59.8 Å². The molecule has 0 unspecified atom stereocenters. The Balaban J connectivity index is 1.64. The second-order valence-corrected chi connectivity index (χ2v) is 7.75. The van der Waals surface area contributed by atoms with Gasteiger partial charge in [-0.3, -0.25) is 9.69 Å². The minimum Gasteiger partial charge on any atom is -0.495 e. The third-order valence-electron chi connectivity index (χ3n) is 5.01. The normalized spacial score (nSPS) is 15.2. The smallest absolute Gasteiger partial charge is 0.416 e. The topological polar surface area (TPSA) is 42.0 Å². The molecule has 0 radical (unpaired) electrons. The van der Waals surface area contributed by atoms with Gasteiger partial charge in [-0.2, -0.15) is 13.2 Å². The molecule has 3 rings (SSSR count). The number of ether oxygens (including phenoxy) is 2. The van der Waals surface area contributed by atoms with E-state index in [1.165, 1.54) is 26.4 Å². The average molecular weight is 487 g/mol. The number of halogens is 4. The van der Waals surface area contributed by atoms with Crippen molar-refractivity contribution in [2.45, 2.75) is 12.7 Å². The molecule has 0 atom stereocenters. The minimum absolute atomic E-state index is 0.141. The highest BCUT2D eigenvalue weighted by atomic mass is 79.9. The summed E-state index contributed by atoms with van der Waals surface area (Å²) in [4.78, 5) is 16.7. The standard InChI is InChI=1S/C21H22BrF3N2O3/c1-29-17-11-15(12-18(30-2)19(17)22)20(28)27-8-6-26(7-9-27)13-14-4-3-5-16(10-14)21(23,24)25/h3-5,10-12H,6-9,13H2,1-2H3. The number of carbonyl (C=O) groups excluding carboxylic acids is 1. The maximum Gasteiger partial charge on any atom is 0.416 e. The van der Waals surface area contributed by atoms with Gasteiger partial charge in [0.05, 0.1) is 19.8 Å². The molecule has 2 aromatic carbocycles. The summed E-state index contributed by atoms with van der Waals surface area (Å²) in [6, 6.07) is 8.67. The zero-order valence-electron chi connectivity index (χ0n) is 16.6. The van der Waals surface area contributed by atoms with Crippen LogP contribution in [0.2, 0.25) is 0 Å². The van der Waals surface area contributed by atoms with E-state index in [0.717, 1.165) is 6.07 Å². The molecule has 0 saturated carbocycles. The van der Waals surface area contributed by atoms with Gasteiger partial charge in [0, 0.05) is 38.3 Å². The molecule has 1 aliphatic rings. The van der Waals surface area contributed by atoms with Gasteiger partial charge in [0.2, 0.25) is 0 Å². The maximum atomic E-state index is 12.9. The Morgan fingerprint density at radius 3 is 2.17 bits per heavy atom. The average Bonchev–Trinajstić information content (AvgIpc) is 2.73. The van der Waals surface area contributed by atoms with Crippen molar-refractivity contribution in [1.29, 1.82) is 0 Å². The molecule has 1 saturated heterocycles. The number of rotatable bonds is 5. The summed E-state index contributed by atoms with van der Waals surface area (Å²) in [7, 11) is 3.03. The number of methoxy groups -OCH3 is 2. The van der Waals surface area contributed by atoms with Gasteiger partial charge in [-0.05, 0) is 39.7 Å². The van der Waals surface area contributed by atoms with Crippen LogP contribution in [-0.2, 0) is 12.7 Å². The number of amides is 1. The summed E-state index contributed by atoms with van der Waals surface area (Å²) < 4.78 is 49.9. The number of benzene rings is 2.